The first-order valence-electron chi connectivity index (χ1n) is 12.0. The van der Waals surface area contributed by atoms with Gasteiger partial charge < -0.3 is 19.0 Å². The molecule has 1 fully saturated rings. The molecule has 1 saturated carbocycles. The van der Waals surface area contributed by atoms with Gasteiger partial charge in [-0.3, -0.25) is 19.0 Å². The first-order valence-corrected chi connectivity index (χ1v) is 12.0. The van der Waals surface area contributed by atoms with Crippen LogP contribution in [0.5, 0.6) is 0 Å². The highest BCUT2D eigenvalue weighted by atomic mass is 16.5. The van der Waals surface area contributed by atoms with Crippen molar-refractivity contribution in [1.82, 2.24) is 4.57 Å². The van der Waals surface area contributed by atoms with E-state index in [9.17, 15) is 24.3 Å². The Hall–Kier alpha value is -3.20. The Morgan fingerprint density at radius 2 is 1.67 bits per heavy atom. The summed E-state index contributed by atoms with van der Waals surface area (Å²) in [5.74, 6) is -3.58. The van der Waals surface area contributed by atoms with Crippen LogP contribution in [0.25, 0.3) is 11.1 Å². The van der Waals surface area contributed by atoms with Crippen LogP contribution in [0.3, 0.4) is 0 Å². The molecule has 0 saturated heterocycles. The molecule has 194 valence electrons. The molecular formula is C27H33NO8. The van der Waals surface area contributed by atoms with E-state index in [-0.39, 0.29) is 78.3 Å². The third-order valence-corrected chi connectivity index (χ3v) is 7.09. The number of aliphatic hydroxyl groups is 1. The van der Waals surface area contributed by atoms with E-state index in [1.807, 2.05) is 27.7 Å². The van der Waals surface area contributed by atoms with Crippen LogP contribution in [0, 0.1) is 16.7 Å². The van der Waals surface area contributed by atoms with Crippen molar-refractivity contribution in [1.29, 1.82) is 0 Å². The molecule has 9 nitrogen and oxygen atoms in total. The first-order chi connectivity index (χ1) is 16.8. The lowest BCUT2D eigenvalue weighted by atomic mass is 9.63. The Morgan fingerprint density at radius 3 is 2.22 bits per heavy atom. The number of fused-ring (bicyclic) bond motifs is 1. The lowest BCUT2D eigenvalue weighted by molar-refractivity contribution is -0.140. The standard InChI is InChI=1S/C27H33NO8/c1-26(2)9-16(29)21(17(30)10-26)23(22-18(31)11-27(3,4)12-19(22)32)20-8-14-7-15(25(33)35-6)28(13-34-5)24(14)36-20/h7-8,21,23,31H,9-13H2,1-6H3. The zero-order chi connectivity index (χ0) is 26.6. The number of allylic oxidation sites excluding steroid dienone is 2. The van der Waals surface area contributed by atoms with Crippen LogP contribution < -0.4 is 0 Å². The van der Waals surface area contributed by atoms with Gasteiger partial charge in [-0.25, -0.2) is 4.79 Å². The molecule has 2 heterocycles. The van der Waals surface area contributed by atoms with Gasteiger partial charge in [-0.1, -0.05) is 27.7 Å². The quantitative estimate of drug-likeness (QED) is 0.455. The average Bonchev–Trinajstić information content (AvgIpc) is 3.28. The first kappa shape index (κ1) is 25.9. The fourth-order valence-electron chi connectivity index (χ4n) is 5.65. The molecule has 2 aromatic rings. The zero-order valence-electron chi connectivity index (χ0n) is 21.6. The van der Waals surface area contributed by atoms with E-state index in [0.29, 0.717) is 5.39 Å². The lowest BCUT2D eigenvalue weighted by Gasteiger charge is -2.38. The van der Waals surface area contributed by atoms with Gasteiger partial charge in [-0.15, -0.1) is 0 Å². The van der Waals surface area contributed by atoms with Crippen molar-refractivity contribution in [3.05, 3.63) is 34.9 Å². The number of rotatable bonds is 6. The molecule has 1 unspecified atom stereocenters. The summed E-state index contributed by atoms with van der Waals surface area (Å²) in [7, 11) is 2.73. The van der Waals surface area contributed by atoms with Gasteiger partial charge in [-0.05, 0) is 23.0 Å². The number of esters is 1. The summed E-state index contributed by atoms with van der Waals surface area (Å²) < 4.78 is 17.7. The molecule has 1 N–H and O–H groups in total. The summed E-state index contributed by atoms with van der Waals surface area (Å²) in [5, 5.41) is 11.6. The maximum atomic E-state index is 13.4. The number of ether oxygens (including phenoxy) is 2. The molecule has 2 aliphatic rings. The van der Waals surface area contributed by atoms with Gasteiger partial charge >= 0.3 is 5.97 Å². The van der Waals surface area contributed by atoms with Crippen molar-refractivity contribution in [3.63, 3.8) is 0 Å². The number of hydrogen-bond acceptors (Lipinski definition) is 8. The lowest BCUT2D eigenvalue weighted by Crippen LogP contribution is -2.43. The molecule has 0 bridgehead atoms. The molecule has 4 rings (SSSR count). The van der Waals surface area contributed by atoms with Crippen molar-refractivity contribution < 1.29 is 38.2 Å². The predicted molar refractivity (Wildman–Crippen MR) is 129 cm³/mol. The average molecular weight is 500 g/mol. The number of ketones is 3. The van der Waals surface area contributed by atoms with Crippen LogP contribution >= 0.6 is 0 Å². The van der Waals surface area contributed by atoms with Crippen LogP contribution in [-0.2, 0) is 30.6 Å². The van der Waals surface area contributed by atoms with E-state index in [0.717, 1.165) is 0 Å². The Bertz CT molecular complexity index is 1270. The number of aliphatic hydroxyl groups excluding tert-OH is 1. The van der Waals surface area contributed by atoms with Crippen LogP contribution in [0.2, 0.25) is 0 Å². The molecule has 9 heteroatoms. The second-order valence-electron chi connectivity index (χ2n) is 11.5. The molecule has 0 amide bonds. The Kier molecular flexibility index (Phi) is 6.49. The number of carbonyl (C=O) groups is 4. The molecule has 2 aromatic heterocycles. The highest BCUT2D eigenvalue weighted by Crippen LogP contribution is 2.48. The third-order valence-electron chi connectivity index (χ3n) is 7.09. The Balaban J connectivity index is 1.91. The van der Waals surface area contributed by atoms with Crippen LogP contribution in [0.4, 0.5) is 0 Å². The van der Waals surface area contributed by atoms with Crippen LogP contribution in [0.15, 0.2) is 27.9 Å². The van der Waals surface area contributed by atoms with Crippen molar-refractivity contribution in [3.8, 4) is 0 Å². The number of furan rings is 1. The minimum atomic E-state index is -1.15. The van der Waals surface area contributed by atoms with Gasteiger partial charge in [0.15, 0.2) is 5.78 Å². The highest BCUT2D eigenvalue weighted by Gasteiger charge is 2.49. The van der Waals surface area contributed by atoms with Crippen LogP contribution in [0.1, 0.15) is 75.5 Å². The minimum absolute atomic E-state index is 0.0118. The number of carbonyl (C=O) groups excluding carboxylic acids is 4. The molecule has 0 spiro atoms. The third kappa shape index (κ3) is 4.52. The molecule has 2 aliphatic carbocycles. The SMILES string of the molecule is COCn1c(C(=O)OC)cc2cc(C(C3=C(O)CC(C)(C)CC3=O)C3C(=O)CC(C)(C)CC3=O)oc21. The van der Waals surface area contributed by atoms with Gasteiger partial charge in [0, 0.05) is 43.8 Å². The van der Waals surface area contributed by atoms with Gasteiger partial charge in [0.05, 0.1) is 18.9 Å². The van der Waals surface area contributed by atoms with E-state index >= 15 is 0 Å². The van der Waals surface area contributed by atoms with Crippen LogP contribution in [-0.4, -0.2) is 47.2 Å². The summed E-state index contributed by atoms with van der Waals surface area (Å²) in [6, 6.07) is 3.18. The number of Topliss-reactive ketones (excluding diaryl/α,β-unsaturated/α-hetero) is 3. The molecule has 0 radical (unpaired) electrons. The fraction of sp³-hybridized carbons (Fsp3) is 0.556. The molecular weight excluding hydrogens is 466 g/mol. The van der Waals surface area contributed by atoms with Crippen molar-refractivity contribution in [2.45, 2.75) is 66.0 Å². The van der Waals surface area contributed by atoms with Gasteiger partial charge in [0.25, 0.3) is 0 Å². The fourth-order valence-corrected chi connectivity index (χ4v) is 5.65. The van der Waals surface area contributed by atoms with Crippen molar-refractivity contribution >= 4 is 34.4 Å². The number of nitrogens with zero attached hydrogens (tertiary/aromatic N) is 1. The van der Waals surface area contributed by atoms with Gasteiger partial charge in [-0.2, -0.15) is 0 Å². The summed E-state index contributed by atoms with van der Waals surface area (Å²) in [6.07, 6.45) is 0.770. The van der Waals surface area contributed by atoms with E-state index in [2.05, 4.69) is 0 Å². The monoisotopic (exact) mass is 499 g/mol. The minimum Gasteiger partial charge on any atom is -0.512 e. The van der Waals surface area contributed by atoms with Gasteiger partial charge in [0.2, 0.25) is 5.71 Å². The molecule has 36 heavy (non-hydrogen) atoms. The second kappa shape index (κ2) is 9.03. The number of hydrogen-bond donors (Lipinski definition) is 1. The topological polar surface area (TPSA) is 125 Å². The van der Waals surface area contributed by atoms with E-state index in [1.165, 1.54) is 18.8 Å². The summed E-state index contributed by atoms with van der Waals surface area (Å²) in [5.41, 5.74) is -0.389. The number of aromatic nitrogens is 1. The Morgan fingerprint density at radius 1 is 1.06 bits per heavy atom. The Labute approximate surface area is 209 Å². The summed E-state index contributed by atoms with van der Waals surface area (Å²) >= 11 is 0. The molecule has 1 atom stereocenters. The molecule has 0 aromatic carbocycles. The van der Waals surface area contributed by atoms with Crippen molar-refractivity contribution in [2.75, 3.05) is 14.2 Å². The van der Waals surface area contributed by atoms with Crippen molar-refractivity contribution in [2.24, 2.45) is 16.7 Å². The highest BCUT2D eigenvalue weighted by molar-refractivity contribution is 6.09. The number of methoxy groups -OCH3 is 2. The predicted octanol–water partition coefficient (Wildman–Crippen LogP) is 4.48. The normalized spacial score (nSPS) is 21.3. The van der Waals surface area contributed by atoms with Gasteiger partial charge in [0.1, 0.15) is 35.5 Å². The summed E-state index contributed by atoms with van der Waals surface area (Å²) in [6.45, 7) is 7.48. The second-order valence-corrected chi connectivity index (χ2v) is 11.5. The van der Waals surface area contributed by atoms with E-state index < -0.39 is 28.6 Å². The van der Waals surface area contributed by atoms with E-state index in [1.54, 1.807) is 12.1 Å². The smallest absolute Gasteiger partial charge is 0.354 e. The molecule has 0 aliphatic heterocycles. The largest absolute Gasteiger partial charge is 0.512 e. The van der Waals surface area contributed by atoms with E-state index in [4.69, 9.17) is 13.9 Å². The summed E-state index contributed by atoms with van der Waals surface area (Å²) in [4.78, 5) is 52.3. The zero-order valence-corrected chi connectivity index (χ0v) is 21.6. The maximum Gasteiger partial charge on any atom is 0.354 e. The maximum absolute atomic E-state index is 13.4.